The molecule has 2 fully saturated rings. The predicted molar refractivity (Wildman–Crippen MR) is 86.3 cm³/mol. The van der Waals surface area contributed by atoms with E-state index in [0.29, 0.717) is 12.1 Å². The summed E-state index contributed by atoms with van der Waals surface area (Å²) in [5.74, 6) is 0. The van der Waals surface area contributed by atoms with E-state index in [9.17, 15) is 0 Å². The van der Waals surface area contributed by atoms with Gasteiger partial charge in [-0.1, -0.05) is 37.3 Å². The van der Waals surface area contributed by atoms with E-state index in [1.54, 1.807) is 0 Å². The molecule has 2 heterocycles. The number of piperazine rings is 1. The SMILES string of the molecule is CC[C@H]1CN(C[C@@H]2CCCO2)CCN1Cc1ccccc1. The smallest absolute Gasteiger partial charge is 0.0702 e. The Balaban J connectivity index is 1.53. The Labute approximate surface area is 128 Å². The largest absolute Gasteiger partial charge is 0.377 e. The third-order valence-electron chi connectivity index (χ3n) is 4.87. The fourth-order valence-electron chi connectivity index (χ4n) is 3.61. The Morgan fingerprint density at radius 1 is 1.19 bits per heavy atom. The minimum atomic E-state index is 0.489. The molecule has 0 aromatic heterocycles. The second-order valence-electron chi connectivity index (χ2n) is 6.41. The molecule has 0 unspecified atom stereocenters. The van der Waals surface area contributed by atoms with E-state index in [-0.39, 0.29) is 0 Å². The predicted octanol–water partition coefficient (Wildman–Crippen LogP) is 2.76. The number of ether oxygens (including phenoxy) is 1. The van der Waals surface area contributed by atoms with E-state index in [1.165, 1.54) is 44.5 Å². The molecule has 0 saturated carbocycles. The van der Waals surface area contributed by atoms with Crippen molar-refractivity contribution in [2.45, 2.75) is 44.9 Å². The first kappa shape index (κ1) is 15.0. The molecule has 2 saturated heterocycles. The molecule has 0 radical (unpaired) electrons. The van der Waals surface area contributed by atoms with Crippen molar-refractivity contribution in [3.05, 3.63) is 35.9 Å². The van der Waals surface area contributed by atoms with Gasteiger partial charge in [0.2, 0.25) is 0 Å². The van der Waals surface area contributed by atoms with Gasteiger partial charge in [-0.2, -0.15) is 0 Å². The van der Waals surface area contributed by atoms with Crippen LogP contribution in [0.5, 0.6) is 0 Å². The average molecular weight is 288 g/mol. The van der Waals surface area contributed by atoms with E-state index >= 15 is 0 Å². The third-order valence-corrected chi connectivity index (χ3v) is 4.87. The zero-order valence-electron chi connectivity index (χ0n) is 13.2. The number of benzene rings is 1. The van der Waals surface area contributed by atoms with Gasteiger partial charge in [-0.3, -0.25) is 9.80 Å². The van der Waals surface area contributed by atoms with E-state index in [4.69, 9.17) is 4.74 Å². The highest BCUT2D eigenvalue weighted by molar-refractivity contribution is 5.14. The van der Waals surface area contributed by atoms with E-state index in [0.717, 1.165) is 19.7 Å². The van der Waals surface area contributed by atoms with Crippen molar-refractivity contribution in [1.29, 1.82) is 0 Å². The van der Waals surface area contributed by atoms with Gasteiger partial charge in [0.05, 0.1) is 6.10 Å². The molecule has 0 N–H and O–H groups in total. The van der Waals surface area contributed by atoms with Crippen LogP contribution in [0.4, 0.5) is 0 Å². The van der Waals surface area contributed by atoms with Crippen LogP contribution in [0.2, 0.25) is 0 Å². The summed E-state index contributed by atoms with van der Waals surface area (Å²) in [5.41, 5.74) is 1.43. The van der Waals surface area contributed by atoms with Crippen LogP contribution < -0.4 is 0 Å². The summed E-state index contributed by atoms with van der Waals surface area (Å²) in [6.45, 7) is 9.07. The molecule has 0 spiro atoms. The van der Waals surface area contributed by atoms with Crippen molar-refractivity contribution in [3.8, 4) is 0 Å². The fraction of sp³-hybridized carbons (Fsp3) is 0.667. The molecule has 3 nitrogen and oxygen atoms in total. The molecule has 116 valence electrons. The van der Waals surface area contributed by atoms with Gasteiger partial charge in [0.1, 0.15) is 0 Å². The van der Waals surface area contributed by atoms with Crippen LogP contribution in [-0.4, -0.2) is 54.7 Å². The van der Waals surface area contributed by atoms with Crippen molar-refractivity contribution in [1.82, 2.24) is 9.80 Å². The van der Waals surface area contributed by atoms with Gasteiger partial charge in [-0.25, -0.2) is 0 Å². The summed E-state index contributed by atoms with van der Waals surface area (Å²) in [6, 6.07) is 11.5. The normalized spacial score (nSPS) is 28.0. The summed E-state index contributed by atoms with van der Waals surface area (Å²) >= 11 is 0. The highest BCUT2D eigenvalue weighted by atomic mass is 16.5. The van der Waals surface area contributed by atoms with Crippen molar-refractivity contribution < 1.29 is 4.74 Å². The van der Waals surface area contributed by atoms with Gasteiger partial charge in [-0.05, 0) is 24.8 Å². The lowest BCUT2D eigenvalue weighted by molar-refractivity contribution is 0.0234. The minimum absolute atomic E-state index is 0.489. The second-order valence-corrected chi connectivity index (χ2v) is 6.41. The van der Waals surface area contributed by atoms with Crippen LogP contribution in [0.1, 0.15) is 31.7 Å². The summed E-state index contributed by atoms with van der Waals surface area (Å²) in [5, 5.41) is 0. The zero-order chi connectivity index (χ0) is 14.5. The van der Waals surface area contributed by atoms with Gasteiger partial charge in [0.25, 0.3) is 0 Å². The van der Waals surface area contributed by atoms with Crippen LogP contribution >= 0.6 is 0 Å². The number of hydrogen-bond donors (Lipinski definition) is 0. The van der Waals surface area contributed by atoms with Crippen LogP contribution in [0.15, 0.2) is 30.3 Å². The minimum Gasteiger partial charge on any atom is -0.377 e. The van der Waals surface area contributed by atoms with Crippen LogP contribution in [0, 0.1) is 0 Å². The summed E-state index contributed by atoms with van der Waals surface area (Å²) in [6.07, 6.45) is 4.22. The summed E-state index contributed by atoms with van der Waals surface area (Å²) in [4.78, 5) is 5.27. The Hall–Kier alpha value is -0.900. The van der Waals surface area contributed by atoms with Gasteiger partial charge in [0.15, 0.2) is 0 Å². The second kappa shape index (κ2) is 7.39. The van der Waals surface area contributed by atoms with Gasteiger partial charge < -0.3 is 4.74 Å². The molecule has 3 heteroatoms. The van der Waals surface area contributed by atoms with Crippen LogP contribution in [0.25, 0.3) is 0 Å². The number of rotatable bonds is 5. The monoisotopic (exact) mass is 288 g/mol. The van der Waals surface area contributed by atoms with Crippen molar-refractivity contribution in [2.75, 3.05) is 32.8 Å². The van der Waals surface area contributed by atoms with E-state index in [1.807, 2.05) is 0 Å². The standard InChI is InChI=1S/C18H28N2O/c1-2-17-14-19(15-18-9-6-12-21-18)10-11-20(17)13-16-7-4-3-5-8-16/h3-5,7-8,17-18H,2,6,9-15H2,1H3/t17-,18-/m0/s1. The van der Waals surface area contributed by atoms with E-state index in [2.05, 4.69) is 47.1 Å². The maximum Gasteiger partial charge on any atom is 0.0702 e. The summed E-state index contributed by atoms with van der Waals surface area (Å²) < 4.78 is 5.79. The highest BCUT2D eigenvalue weighted by Crippen LogP contribution is 2.19. The molecular weight excluding hydrogens is 260 g/mol. The molecule has 2 aliphatic heterocycles. The summed E-state index contributed by atoms with van der Waals surface area (Å²) in [7, 11) is 0. The maximum atomic E-state index is 5.79. The first-order chi connectivity index (χ1) is 10.3. The Kier molecular flexibility index (Phi) is 5.28. The van der Waals surface area contributed by atoms with Gasteiger partial charge >= 0.3 is 0 Å². The fourth-order valence-corrected chi connectivity index (χ4v) is 3.61. The molecule has 0 bridgehead atoms. The van der Waals surface area contributed by atoms with Crippen molar-refractivity contribution in [3.63, 3.8) is 0 Å². The highest BCUT2D eigenvalue weighted by Gasteiger charge is 2.28. The van der Waals surface area contributed by atoms with Crippen LogP contribution in [0.3, 0.4) is 0 Å². The molecular formula is C18H28N2O. The lowest BCUT2D eigenvalue weighted by Gasteiger charge is -2.42. The molecule has 1 aromatic carbocycles. The quantitative estimate of drug-likeness (QED) is 0.828. The molecule has 2 aliphatic rings. The zero-order valence-corrected chi connectivity index (χ0v) is 13.2. The topological polar surface area (TPSA) is 15.7 Å². The van der Waals surface area contributed by atoms with Crippen molar-refractivity contribution in [2.24, 2.45) is 0 Å². The lowest BCUT2D eigenvalue weighted by Crippen LogP contribution is -2.53. The van der Waals surface area contributed by atoms with Gasteiger partial charge in [0, 0.05) is 45.4 Å². The molecule has 0 aliphatic carbocycles. The molecule has 3 rings (SSSR count). The van der Waals surface area contributed by atoms with E-state index < -0.39 is 0 Å². The molecule has 2 atom stereocenters. The Bertz CT molecular complexity index is 416. The number of hydrogen-bond acceptors (Lipinski definition) is 3. The van der Waals surface area contributed by atoms with Gasteiger partial charge in [-0.15, -0.1) is 0 Å². The number of nitrogens with zero attached hydrogens (tertiary/aromatic N) is 2. The third kappa shape index (κ3) is 4.06. The lowest BCUT2D eigenvalue weighted by atomic mass is 10.1. The first-order valence-corrected chi connectivity index (χ1v) is 8.47. The van der Waals surface area contributed by atoms with Crippen LogP contribution in [-0.2, 0) is 11.3 Å². The molecule has 0 amide bonds. The molecule has 1 aromatic rings. The Morgan fingerprint density at radius 2 is 2.05 bits per heavy atom. The molecule has 21 heavy (non-hydrogen) atoms. The maximum absolute atomic E-state index is 5.79. The first-order valence-electron chi connectivity index (χ1n) is 8.47. The Morgan fingerprint density at radius 3 is 2.76 bits per heavy atom. The average Bonchev–Trinajstić information content (AvgIpc) is 3.03. The van der Waals surface area contributed by atoms with Crippen molar-refractivity contribution >= 4 is 0 Å².